The highest BCUT2D eigenvalue weighted by molar-refractivity contribution is 5.92. The topological polar surface area (TPSA) is 41.4 Å². The number of rotatable bonds is 3. The fraction of sp³-hybridized carbons (Fsp3) is 0.500. The second kappa shape index (κ2) is 6.64. The van der Waals surface area contributed by atoms with Crippen molar-refractivity contribution in [1.82, 2.24) is 19.4 Å². The summed E-state index contributed by atoms with van der Waals surface area (Å²) in [6.45, 7) is 8.86. The zero-order valence-electron chi connectivity index (χ0n) is 15.1. The summed E-state index contributed by atoms with van der Waals surface area (Å²) >= 11 is 0. The lowest BCUT2D eigenvalue weighted by atomic mass is 10.1. The van der Waals surface area contributed by atoms with Gasteiger partial charge in [-0.25, -0.2) is 4.98 Å². The first-order valence-corrected chi connectivity index (χ1v) is 9.28. The van der Waals surface area contributed by atoms with Crippen LogP contribution in [0.15, 0.2) is 30.5 Å². The minimum atomic E-state index is 0.0943. The lowest BCUT2D eigenvalue weighted by molar-refractivity contribution is 0.0787. The smallest absolute Gasteiger partial charge is 0.274 e. The van der Waals surface area contributed by atoms with Crippen LogP contribution < -0.4 is 0 Å². The zero-order chi connectivity index (χ0) is 17.4. The zero-order valence-corrected chi connectivity index (χ0v) is 15.1. The van der Waals surface area contributed by atoms with Crippen molar-refractivity contribution >= 4 is 5.91 Å². The van der Waals surface area contributed by atoms with Crippen molar-refractivity contribution in [3.05, 3.63) is 53.1 Å². The van der Waals surface area contributed by atoms with E-state index >= 15 is 0 Å². The lowest BCUT2D eigenvalue weighted by Crippen LogP contribution is -2.36. The Bertz CT molecular complexity index is 776. The molecule has 0 unspecified atom stereocenters. The van der Waals surface area contributed by atoms with E-state index in [1.54, 1.807) is 0 Å². The van der Waals surface area contributed by atoms with Gasteiger partial charge in [-0.15, -0.1) is 0 Å². The molecule has 3 heterocycles. The fourth-order valence-corrected chi connectivity index (χ4v) is 3.98. The first-order chi connectivity index (χ1) is 12.1. The highest BCUT2D eigenvalue weighted by atomic mass is 16.2. The predicted molar refractivity (Wildman–Crippen MR) is 97.4 cm³/mol. The Kier molecular flexibility index (Phi) is 4.34. The Hall–Kier alpha value is -2.14. The third-order valence-corrected chi connectivity index (χ3v) is 5.44. The minimum Gasteiger partial charge on any atom is -0.337 e. The molecule has 5 heteroatoms. The molecule has 1 amide bonds. The molecular formula is C20H26N4O. The van der Waals surface area contributed by atoms with Gasteiger partial charge in [-0.05, 0) is 32.3 Å². The van der Waals surface area contributed by atoms with Gasteiger partial charge in [-0.3, -0.25) is 9.69 Å². The Labute approximate surface area is 149 Å². The standard InChI is InChI=1S/C20H26N4O/c1-15-6-5-7-17(12-15)13-23-10-11-24-14-18(21-19(24)16(23)2)20(25)22-8-3-4-9-22/h5-7,12,14,16H,3-4,8-11,13H2,1-2H3/t16-/m0/s1. The summed E-state index contributed by atoms with van der Waals surface area (Å²) in [5.74, 6) is 1.11. The summed E-state index contributed by atoms with van der Waals surface area (Å²) in [6.07, 6.45) is 4.18. The Morgan fingerprint density at radius 2 is 2.00 bits per heavy atom. The molecular weight excluding hydrogens is 312 g/mol. The van der Waals surface area contributed by atoms with Crippen LogP contribution in [0.5, 0.6) is 0 Å². The first-order valence-electron chi connectivity index (χ1n) is 9.28. The second-order valence-electron chi connectivity index (χ2n) is 7.31. The summed E-state index contributed by atoms with van der Waals surface area (Å²) in [5, 5.41) is 0. The minimum absolute atomic E-state index is 0.0943. The molecule has 1 atom stereocenters. The number of likely N-dealkylation sites (tertiary alicyclic amines) is 1. The number of aryl methyl sites for hydroxylation is 1. The molecule has 0 N–H and O–H groups in total. The summed E-state index contributed by atoms with van der Waals surface area (Å²) in [4.78, 5) is 21.7. The van der Waals surface area contributed by atoms with Crippen molar-refractivity contribution in [1.29, 1.82) is 0 Å². The van der Waals surface area contributed by atoms with Crippen LogP contribution in [0.1, 0.15) is 53.2 Å². The molecule has 0 radical (unpaired) electrons. The maximum atomic E-state index is 12.6. The van der Waals surface area contributed by atoms with Crippen LogP contribution in [-0.4, -0.2) is 44.9 Å². The van der Waals surface area contributed by atoms with Crippen molar-refractivity contribution in [3.63, 3.8) is 0 Å². The van der Waals surface area contributed by atoms with E-state index < -0.39 is 0 Å². The van der Waals surface area contributed by atoms with Gasteiger partial charge < -0.3 is 9.47 Å². The molecule has 0 spiro atoms. The molecule has 4 rings (SSSR count). The molecule has 132 valence electrons. The largest absolute Gasteiger partial charge is 0.337 e. The summed E-state index contributed by atoms with van der Waals surface area (Å²) in [6, 6.07) is 8.90. The molecule has 2 aliphatic heterocycles. The molecule has 2 aromatic rings. The van der Waals surface area contributed by atoms with E-state index in [0.29, 0.717) is 5.69 Å². The maximum absolute atomic E-state index is 12.6. The van der Waals surface area contributed by atoms with Gasteiger partial charge in [0, 0.05) is 38.9 Å². The highest BCUT2D eigenvalue weighted by Crippen LogP contribution is 2.27. The van der Waals surface area contributed by atoms with Crippen molar-refractivity contribution in [2.24, 2.45) is 0 Å². The predicted octanol–water partition coefficient (Wildman–Crippen LogP) is 3.00. The summed E-state index contributed by atoms with van der Waals surface area (Å²) < 4.78 is 2.17. The number of fused-ring (bicyclic) bond motifs is 1. The first kappa shape index (κ1) is 16.3. The van der Waals surface area contributed by atoms with E-state index in [9.17, 15) is 4.79 Å². The highest BCUT2D eigenvalue weighted by Gasteiger charge is 2.29. The van der Waals surface area contributed by atoms with Crippen molar-refractivity contribution < 1.29 is 4.79 Å². The van der Waals surface area contributed by atoms with Gasteiger partial charge in [-0.2, -0.15) is 0 Å². The lowest BCUT2D eigenvalue weighted by Gasteiger charge is -2.33. The van der Waals surface area contributed by atoms with Gasteiger partial charge in [0.1, 0.15) is 11.5 Å². The van der Waals surface area contributed by atoms with E-state index in [4.69, 9.17) is 4.98 Å². The van der Waals surface area contributed by atoms with E-state index in [1.807, 2.05) is 11.1 Å². The number of hydrogen-bond donors (Lipinski definition) is 0. The quantitative estimate of drug-likeness (QED) is 0.864. The van der Waals surface area contributed by atoms with Crippen LogP contribution in [0.2, 0.25) is 0 Å². The van der Waals surface area contributed by atoms with Gasteiger partial charge in [-0.1, -0.05) is 29.8 Å². The molecule has 0 saturated carbocycles. The molecule has 25 heavy (non-hydrogen) atoms. The number of aromatic nitrogens is 2. The van der Waals surface area contributed by atoms with Crippen LogP contribution in [0.4, 0.5) is 0 Å². The molecule has 0 aliphatic carbocycles. The van der Waals surface area contributed by atoms with Gasteiger partial charge in [0.25, 0.3) is 5.91 Å². The Balaban J connectivity index is 1.52. The van der Waals surface area contributed by atoms with Crippen LogP contribution in [0.25, 0.3) is 0 Å². The van der Waals surface area contributed by atoms with Crippen LogP contribution >= 0.6 is 0 Å². The summed E-state index contributed by atoms with van der Waals surface area (Å²) in [7, 11) is 0. The fourth-order valence-electron chi connectivity index (χ4n) is 3.98. The molecule has 2 aliphatic rings. The SMILES string of the molecule is Cc1cccc(CN2CCn3cc(C(=O)N4CCCC4)nc3[C@@H]2C)c1. The molecule has 5 nitrogen and oxygen atoms in total. The van der Waals surface area contributed by atoms with Crippen LogP contribution in [0, 0.1) is 6.92 Å². The number of amides is 1. The van der Waals surface area contributed by atoms with E-state index in [-0.39, 0.29) is 11.9 Å². The van der Waals surface area contributed by atoms with Gasteiger partial charge in [0.2, 0.25) is 0 Å². The second-order valence-corrected chi connectivity index (χ2v) is 7.31. The van der Waals surface area contributed by atoms with Crippen molar-refractivity contribution in [2.75, 3.05) is 19.6 Å². The average molecular weight is 338 g/mol. The third kappa shape index (κ3) is 3.21. The molecule has 1 saturated heterocycles. The number of imidazole rings is 1. The normalized spacial score (nSPS) is 20.7. The van der Waals surface area contributed by atoms with Gasteiger partial charge in [0.15, 0.2) is 0 Å². The van der Waals surface area contributed by atoms with E-state index in [1.165, 1.54) is 11.1 Å². The van der Waals surface area contributed by atoms with Crippen molar-refractivity contribution in [2.45, 2.75) is 45.8 Å². The average Bonchev–Trinajstić information content (AvgIpc) is 3.26. The third-order valence-electron chi connectivity index (χ3n) is 5.44. The van der Waals surface area contributed by atoms with Gasteiger partial charge >= 0.3 is 0 Å². The molecule has 1 aromatic carbocycles. The van der Waals surface area contributed by atoms with Crippen LogP contribution in [-0.2, 0) is 13.1 Å². The van der Waals surface area contributed by atoms with E-state index in [0.717, 1.165) is 51.4 Å². The monoisotopic (exact) mass is 338 g/mol. The number of carbonyl (C=O) groups excluding carboxylic acids is 1. The van der Waals surface area contributed by atoms with Crippen LogP contribution in [0.3, 0.4) is 0 Å². The Morgan fingerprint density at radius 3 is 2.76 bits per heavy atom. The van der Waals surface area contributed by atoms with E-state index in [2.05, 4.69) is 47.6 Å². The number of nitrogens with zero attached hydrogens (tertiary/aromatic N) is 4. The number of carbonyl (C=O) groups is 1. The molecule has 0 bridgehead atoms. The molecule has 1 fully saturated rings. The number of benzene rings is 1. The van der Waals surface area contributed by atoms with Gasteiger partial charge in [0.05, 0.1) is 6.04 Å². The number of hydrogen-bond acceptors (Lipinski definition) is 3. The summed E-state index contributed by atoms with van der Waals surface area (Å²) in [5.41, 5.74) is 3.24. The molecule has 1 aromatic heterocycles. The Morgan fingerprint density at radius 1 is 1.20 bits per heavy atom. The van der Waals surface area contributed by atoms with Crippen molar-refractivity contribution in [3.8, 4) is 0 Å². The maximum Gasteiger partial charge on any atom is 0.274 e.